The van der Waals surface area contributed by atoms with E-state index in [4.69, 9.17) is 19.9 Å². The van der Waals surface area contributed by atoms with E-state index in [9.17, 15) is 0 Å². The molecule has 4 heterocycles. The number of rotatable bonds is 4. The van der Waals surface area contributed by atoms with E-state index < -0.39 is 0 Å². The highest BCUT2D eigenvalue weighted by molar-refractivity contribution is 6.31. The standard InChI is InChI=1S/C74H40N4/c1-2-8-54-53(7-1)63-39-49(51-25-13-41-19-33-61-57(29-15-43-17-31-59(51)67(41)69(43)61)65-35-23-47-11-9-45-5-3-37-75-71(45)73(47)77-65)21-27-55(63)56-28-22-50(40-64(54)56)52-26-14-42-20-34-62-58(30-16-44-18-32-60(52)68(42)70(44)62)66-36-24-48-12-10-46-6-4-38-76-72(46)74(48)78-66/h1-40H. The summed E-state index contributed by atoms with van der Waals surface area (Å²) in [5.74, 6) is 0. The minimum atomic E-state index is 0.928. The van der Waals surface area contributed by atoms with Gasteiger partial charge in [0.15, 0.2) is 0 Å². The van der Waals surface area contributed by atoms with Crippen molar-refractivity contribution in [3.8, 4) is 44.8 Å². The molecule has 0 N–H and O–H groups in total. The average Bonchev–Trinajstić information content (AvgIpc) is 3.70. The Hall–Kier alpha value is -10.4. The lowest BCUT2D eigenvalue weighted by Crippen LogP contribution is -1.92. The monoisotopic (exact) mass is 984 g/mol. The summed E-state index contributed by atoms with van der Waals surface area (Å²) in [5, 5.41) is 26.8. The molecule has 18 aromatic rings. The van der Waals surface area contributed by atoms with Gasteiger partial charge >= 0.3 is 0 Å². The molecule has 0 bridgehead atoms. The van der Waals surface area contributed by atoms with Gasteiger partial charge < -0.3 is 0 Å². The van der Waals surface area contributed by atoms with Crippen LogP contribution < -0.4 is 0 Å². The molecule has 0 aliphatic heterocycles. The molecule has 0 aliphatic carbocycles. The highest BCUT2D eigenvalue weighted by atomic mass is 14.8. The van der Waals surface area contributed by atoms with Crippen molar-refractivity contribution in [2.75, 3.05) is 0 Å². The minimum Gasteiger partial charge on any atom is -0.254 e. The summed E-state index contributed by atoms with van der Waals surface area (Å²) >= 11 is 0. The number of benzene rings is 14. The van der Waals surface area contributed by atoms with Gasteiger partial charge in [0.05, 0.1) is 33.5 Å². The zero-order valence-electron chi connectivity index (χ0n) is 41.9. The zero-order valence-corrected chi connectivity index (χ0v) is 41.9. The fourth-order valence-electron chi connectivity index (χ4n) is 13.6. The molecule has 0 saturated carbocycles. The van der Waals surface area contributed by atoms with Gasteiger partial charge in [-0.3, -0.25) is 9.97 Å². The largest absolute Gasteiger partial charge is 0.254 e. The van der Waals surface area contributed by atoms with Crippen molar-refractivity contribution in [1.82, 2.24) is 19.9 Å². The van der Waals surface area contributed by atoms with Crippen molar-refractivity contribution in [2.24, 2.45) is 0 Å². The normalized spacial score (nSPS) is 12.4. The highest BCUT2D eigenvalue weighted by Crippen LogP contribution is 2.47. The zero-order chi connectivity index (χ0) is 50.7. The highest BCUT2D eigenvalue weighted by Gasteiger charge is 2.20. The number of fused-ring (bicyclic) bond motifs is 12. The van der Waals surface area contributed by atoms with Crippen LogP contribution in [0.25, 0.3) is 185 Å². The summed E-state index contributed by atoms with van der Waals surface area (Å²) in [4.78, 5) is 20.1. The van der Waals surface area contributed by atoms with Crippen molar-refractivity contribution in [1.29, 1.82) is 0 Å². The Bertz CT molecular complexity index is 5270. The van der Waals surface area contributed by atoms with E-state index >= 15 is 0 Å². The molecule has 4 heteroatoms. The summed E-state index contributed by atoms with van der Waals surface area (Å²) < 4.78 is 0. The van der Waals surface area contributed by atoms with Gasteiger partial charge in [-0.05, 0) is 156 Å². The lowest BCUT2D eigenvalue weighted by molar-refractivity contribution is 1.37. The van der Waals surface area contributed by atoms with Gasteiger partial charge in [0.1, 0.15) is 0 Å². The lowest BCUT2D eigenvalue weighted by atomic mass is 9.86. The number of hydrogen-bond acceptors (Lipinski definition) is 4. The Kier molecular flexibility index (Phi) is 8.36. The van der Waals surface area contributed by atoms with Gasteiger partial charge in [-0.15, -0.1) is 0 Å². The van der Waals surface area contributed by atoms with Gasteiger partial charge in [-0.1, -0.05) is 194 Å². The quantitative estimate of drug-likeness (QED) is 0.165. The number of aromatic nitrogens is 4. The Morgan fingerprint density at radius 2 is 0.526 bits per heavy atom. The topological polar surface area (TPSA) is 51.6 Å². The van der Waals surface area contributed by atoms with Crippen LogP contribution in [0.2, 0.25) is 0 Å². The van der Waals surface area contributed by atoms with E-state index in [1.54, 1.807) is 0 Å². The second-order valence-corrected chi connectivity index (χ2v) is 21.2. The van der Waals surface area contributed by atoms with E-state index in [0.29, 0.717) is 0 Å². The molecular formula is C74H40N4. The Balaban J connectivity index is 0.772. The van der Waals surface area contributed by atoms with E-state index in [0.717, 1.165) is 66.1 Å². The summed E-state index contributed by atoms with van der Waals surface area (Å²) in [6, 6.07) is 85.3. The van der Waals surface area contributed by atoms with Crippen LogP contribution in [0.1, 0.15) is 0 Å². The van der Waals surface area contributed by atoms with Crippen molar-refractivity contribution in [3.63, 3.8) is 0 Å². The van der Waals surface area contributed by atoms with E-state index in [-0.39, 0.29) is 0 Å². The van der Waals surface area contributed by atoms with Crippen molar-refractivity contribution in [2.45, 2.75) is 0 Å². The molecule has 4 nitrogen and oxygen atoms in total. The fraction of sp³-hybridized carbons (Fsp3) is 0. The predicted octanol–water partition coefficient (Wildman–Crippen LogP) is 19.8. The summed E-state index contributed by atoms with van der Waals surface area (Å²) in [6.07, 6.45) is 3.71. The van der Waals surface area contributed by atoms with Crippen LogP contribution >= 0.6 is 0 Å². The molecule has 0 amide bonds. The average molecular weight is 985 g/mol. The van der Waals surface area contributed by atoms with Crippen LogP contribution in [-0.4, -0.2) is 19.9 Å². The SMILES string of the molecule is c1cnc2c(c1)ccc1ccc(-c3ccc4ccc5c(-c6ccc7c8ccc(-c9ccc%10ccc%11c(-c%12ccc%13ccc%14cccnc%14c%13n%12)ccc%12ccc9c%10c%12%11)cc8c8ccccc8c7c6)ccc6ccc3c4c65)nc12. The van der Waals surface area contributed by atoms with Crippen LogP contribution in [0.3, 0.4) is 0 Å². The lowest BCUT2D eigenvalue weighted by Gasteiger charge is -2.18. The van der Waals surface area contributed by atoms with Gasteiger partial charge in [0.25, 0.3) is 0 Å². The maximum Gasteiger partial charge on any atom is 0.0972 e. The predicted molar refractivity (Wildman–Crippen MR) is 329 cm³/mol. The van der Waals surface area contributed by atoms with Crippen molar-refractivity contribution in [3.05, 3.63) is 243 Å². The van der Waals surface area contributed by atoms with Gasteiger partial charge in [0, 0.05) is 45.1 Å². The van der Waals surface area contributed by atoms with Crippen LogP contribution in [0.15, 0.2) is 243 Å². The molecule has 0 aliphatic rings. The molecule has 0 atom stereocenters. The van der Waals surface area contributed by atoms with Crippen molar-refractivity contribution < 1.29 is 0 Å². The Morgan fingerprint density at radius 3 is 0.949 bits per heavy atom. The third-order valence-corrected chi connectivity index (χ3v) is 17.2. The Morgan fingerprint density at radius 1 is 0.205 bits per heavy atom. The molecule has 0 unspecified atom stereocenters. The summed E-state index contributed by atoms with van der Waals surface area (Å²) in [7, 11) is 0. The fourth-order valence-corrected chi connectivity index (χ4v) is 13.6. The molecule has 4 aromatic heterocycles. The van der Waals surface area contributed by atoms with E-state index in [2.05, 4.69) is 218 Å². The van der Waals surface area contributed by atoms with Gasteiger partial charge in [-0.2, -0.15) is 0 Å². The molecule has 356 valence electrons. The first-order chi connectivity index (χ1) is 38.6. The van der Waals surface area contributed by atoms with Crippen LogP contribution in [0.4, 0.5) is 0 Å². The van der Waals surface area contributed by atoms with Crippen molar-refractivity contribution >= 4 is 141 Å². The Labute approximate surface area is 445 Å². The number of pyridine rings is 4. The molecule has 0 fully saturated rings. The second kappa shape index (κ2) is 15.6. The van der Waals surface area contributed by atoms with E-state index in [1.807, 2.05) is 24.5 Å². The first-order valence-electron chi connectivity index (χ1n) is 26.8. The van der Waals surface area contributed by atoms with Gasteiger partial charge in [0.2, 0.25) is 0 Å². The molecular weight excluding hydrogens is 945 g/mol. The summed E-state index contributed by atoms with van der Waals surface area (Å²) in [6.45, 7) is 0. The smallest absolute Gasteiger partial charge is 0.0972 e. The number of nitrogens with zero attached hydrogens (tertiary/aromatic N) is 4. The third-order valence-electron chi connectivity index (χ3n) is 17.2. The molecule has 14 aromatic carbocycles. The third kappa shape index (κ3) is 5.83. The van der Waals surface area contributed by atoms with Crippen LogP contribution in [0, 0.1) is 0 Å². The molecule has 0 spiro atoms. The second-order valence-electron chi connectivity index (χ2n) is 21.2. The molecule has 78 heavy (non-hydrogen) atoms. The first-order valence-corrected chi connectivity index (χ1v) is 26.8. The number of hydrogen-bond donors (Lipinski definition) is 0. The van der Waals surface area contributed by atoms with Crippen LogP contribution in [-0.2, 0) is 0 Å². The minimum absolute atomic E-state index is 0.928. The maximum absolute atomic E-state index is 5.30. The molecule has 0 saturated heterocycles. The summed E-state index contributed by atoms with van der Waals surface area (Å²) in [5.41, 5.74) is 12.7. The van der Waals surface area contributed by atoms with Crippen LogP contribution in [0.5, 0.6) is 0 Å². The molecule has 0 radical (unpaired) electrons. The molecule has 18 rings (SSSR count). The van der Waals surface area contributed by atoms with Gasteiger partial charge in [-0.25, -0.2) is 9.97 Å². The first kappa shape index (κ1) is 41.9. The van der Waals surface area contributed by atoms with E-state index in [1.165, 1.54) is 119 Å². The maximum atomic E-state index is 5.30.